The summed E-state index contributed by atoms with van der Waals surface area (Å²) in [5, 5.41) is 20.2. The van der Waals surface area contributed by atoms with Gasteiger partial charge in [0.05, 0.1) is 16.0 Å². The molecule has 0 aromatic heterocycles. The Balaban J connectivity index is 2.41. The Morgan fingerprint density at radius 2 is 2.10 bits per heavy atom. The highest BCUT2D eigenvalue weighted by atomic mass is 35.5. The molecule has 0 heterocycles. The van der Waals surface area contributed by atoms with Gasteiger partial charge >= 0.3 is 0 Å². The Kier molecular flexibility index (Phi) is 4.40. The van der Waals surface area contributed by atoms with E-state index in [-0.39, 0.29) is 27.8 Å². The van der Waals surface area contributed by atoms with Crippen LogP contribution in [0.25, 0.3) is 0 Å². The molecular weight excluding hydrogens is 301 g/mol. The summed E-state index contributed by atoms with van der Waals surface area (Å²) in [5.41, 5.74) is 0.0565. The predicted octanol–water partition coefficient (Wildman–Crippen LogP) is 4.23. The average Bonchev–Trinajstić information content (AvgIpc) is 2.42. The molecule has 0 bridgehead atoms. The first-order chi connectivity index (χ1) is 9.90. The van der Waals surface area contributed by atoms with Gasteiger partial charge in [-0.1, -0.05) is 23.7 Å². The van der Waals surface area contributed by atoms with Gasteiger partial charge in [-0.15, -0.1) is 0 Å². The molecule has 7 heteroatoms. The highest BCUT2D eigenvalue weighted by molar-refractivity contribution is 6.32. The van der Waals surface area contributed by atoms with Crippen molar-refractivity contribution in [3.63, 3.8) is 0 Å². The summed E-state index contributed by atoms with van der Waals surface area (Å²) in [4.78, 5) is 10.0. The number of rotatable bonds is 4. The van der Waals surface area contributed by atoms with Gasteiger partial charge in [-0.05, 0) is 19.1 Å². The van der Waals surface area contributed by atoms with Gasteiger partial charge in [-0.2, -0.15) is 0 Å². The van der Waals surface area contributed by atoms with E-state index in [0.29, 0.717) is 0 Å². The van der Waals surface area contributed by atoms with Crippen LogP contribution in [0.4, 0.5) is 10.1 Å². The molecule has 0 aliphatic carbocycles. The molecule has 2 aromatic rings. The van der Waals surface area contributed by atoms with E-state index in [2.05, 4.69) is 0 Å². The molecule has 1 N–H and O–H groups in total. The van der Waals surface area contributed by atoms with Gasteiger partial charge in [0.25, 0.3) is 5.69 Å². The minimum Gasteiger partial charge on any atom is -0.452 e. The number of nitrogens with zero attached hydrogens (tertiary/aromatic N) is 1. The molecule has 0 unspecified atom stereocenters. The van der Waals surface area contributed by atoms with Crippen molar-refractivity contribution < 1.29 is 19.2 Å². The summed E-state index contributed by atoms with van der Waals surface area (Å²) >= 11 is 5.89. The van der Waals surface area contributed by atoms with Crippen LogP contribution in [0.5, 0.6) is 11.5 Å². The Morgan fingerprint density at radius 3 is 2.67 bits per heavy atom. The van der Waals surface area contributed by atoms with Crippen LogP contribution in [-0.4, -0.2) is 10.0 Å². The van der Waals surface area contributed by atoms with Crippen molar-refractivity contribution in [3.05, 3.63) is 62.9 Å². The zero-order chi connectivity index (χ0) is 15.6. The number of hydrogen-bond donors (Lipinski definition) is 1. The molecule has 0 saturated heterocycles. The molecule has 5 nitrogen and oxygen atoms in total. The molecule has 2 aromatic carbocycles. The monoisotopic (exact) mass is 311 g/mol. The van der Waals surface area contributed by atoms with Crippen LogP contribution >= 0.6 is 11.6 Å². The fourth-order valence-corrected chi connectivity index (χ4v) is 1.97. The van der Waals surface area contributed by atoms with Crippen molar-refractivity contribution in [2.24, 2.45) is 0 Å². The van der Waals surface area contributed by atoms with Gasteiger partial charge in [0.2, 0.25) is 0 Å². The fourth-order valence-electron chi connectivity index (χ4n) is 1.76. The summed E-state index contributed by atoms with van der Waals surface area (Å²) in [6.07, 6.45) is -0.937. The lowest BCUT2D eigenvalue weighted by Crippen LogP contribution is -1.99. The minimum absolute atomic E-state index is 0.0241. The highest BCUT2D eigenvalue weighted by Crippen LogP contribution is 2.36. The van der Waals surface area contributed by atoms with Crippen molar-refractivity contribution in [1.29, 1.82) is 0 Å². The maximum Gasteiger partial charge on any atom is 0.271 e. The predicted molar refractivity (Wildman–Crippen MR) is 75.2 cm³/mol. The summed E-state index contributed by atoms with van der Waals surface area (Å²) in [5.74, 6) is -0.764. The second-order valence-corrected chi connectivity index (χ2v) is 4.72. The van der Waals surface area contributed by atoms with Crippen molar-refractivity contribution in [2.75, 3.05) is 0 Å². The summed E-state index contributed by atoms with van der Waals surface area (Å²) in [7, 11) is 0. The van der Waals surface area contributed by atoms with E-state index in [1.807, 2.05) is 0 Å². The van der Waals surface area contributed by atoms with E-state index in [1.54, 1.807) is 0 Å². The Labute approximate surface area is 124 Å². The number of halogens is 2. The molecule has 21 heavy (non-hydrogen) atoms. The van der Waals surface area contributed by atoms with E-state index in [0.717, 1.165) is 6.07 Å². The quantitative estimate of drug-likeness (QED) is 0.677. The number of non-ortho nitro benzene ring substituents is 1. The fraction of sp³-hybridized carbons (Fsp3) is 0.143. The number of para-hydroxylation sites is 1. The largest absolute Gasteiger partial charge is 0.452 e. The van der Waals surface area contributed by atoms with Gasteiger partial charge in [0.1, 0.15) is 5.75 Å². The molecule has 0 fully saturated rings. The number of nitro benzene ring substituents is 1. The summed E-state index contributed by atoms with van der Waals surface area (Å²) in [6.45, 7) is 1.47. The van der Waals surface area contributed by atoms with E-state index in [1.165, 1.54) is 37.3 Å². The van der Waals surface area contributed by atoms with E-state index < -0.39 is 16.8 Å². The van der Waals surface area contributed by atoms with Gasteiger partial charge in [0, 0.05) is 17.7 Å². The Morgan fingerprint density at radius 1 is 1.38 bits per heavy atom. The van der Waals surface area contributed by atoms with E-state index >= 15 is 0 Å². The van der Waals surface area contributed by atoms with Crippen LogP contribution in [0.2, 0.25) is 5.02 Å². The van der Waals surface area contributed by atoms with Crippen molar-refractivity contribution in [1.82, 2.24) is 0 Å². The van der Waals surface area contributed by atoms with Crippen LogP contribution in [0.3, 0.4) is 0 Å². The number of hydrogen-bond acceptors (Lipinski definition) is 4. The first kappa shape index (κ1) is 15.2. The molecule has 0 spiro atoms. The molecule has 0 radical (unpaired) electrons. The number of benzene rings is 2. The van der Waals surface area contributed by atoms with Crippen LogP contribution < -0.4 is 4.74 Å². The topological polar surface area (TPSA) is 72.6 Å². The maximum absolute atomic E-state index is 13.8. The van der Waals surface area contributed by atoms with Gasteiger partial charge in [-0.25, -0.2) is 4.39 Å². The van der Waals surface area contributed by atoms with Gasteiger partial charge in [-0.3, -0.25) is 10.1 Å². The molecule has 0 amide bonds. The number of nitro groups is 1. The summed E-state index contributed by atoms with van der Waals surface area (Å²) < 4.78 is 19.2. The highest BCUT2D eigenvalue weighted by Gasteiger charge is 2.17. The van der Waals surface area contributed by atoms with Crippen molar-refractivity contribution in [3.8, 4) is 11.5 Å². The smallest absolute Gasteiger partial charge is 0.271 e. The molecule has 0 saturated carbocycles. The van der Waals surface area contributed by atoms with Crippen LogP contribution in [0.15, 0.2) is 36.4 Å². The average molecular weight is 312 g/mol. The lowest BCUT2D eigenvalue weighted by molar-refractivity contribution is -0.384. The number of ether oxygens (including phenoxy) is 1. The SMILES string of the molecule is C[C@H](O)c1cccc(F)c1Oc1ccc([N+](=O)[O-])cc1Cl. The molecular formula is C14H11ClFNO4. The minimum atomic E-state index is -0.937. The van der Waals surface area contributed by atoms with Crippen LogP contribution in [0.1, 0.15) is 18.6 Å². The van der Waals surface area contributed by atoms with Crippen molar-refractivity contribution in [2.45, 2.75) is 13.0 Å². The number of aliphatic hydroxyl groups is 1. The second-order valence-electron chi connectivity index (χ2n) is 4.31. The third kappa shape index (κ3) is 3.29. The first-order valence-corrected chi connectivity index (χ1v) is 6.36. The second kappa shape index (κ2) is 6.07. The lowest BCUT2D eigenvalue weighted by Gasteiger charge is -2.14. The van der Waals surface area contributed by atoms with E-state index in [4.69, 9.17) is 16.3 Å². The Bertz CT molecular complexity index is 691. The normalized spacial score (nSPS) is 12.0. The van der Waals surface area contributed by atoms with E-state index in [9.17, 15) is 19.6 Å². The zero-order valence-electron chi connectivity index (χ0n) is 10.9. The van der Waals surface area contributed by atoms with Crippen LogP contribution in [0, 0.1) is 15.9 Å². The zero-order valence-corrected chi connectivity index (χ0v) is 11.7. The third-order valence-electron chi connectivity index (χ3n) is 2.79. The molecule has 0 aliphatic rings. The molecule has 0 aliphatic heterocycles. The first-order valence-electron chi connectivity index (χ1n) is 5.98. The Hall–Kier alpha value is -2.18. The van der Waals surface area contributed by atoms with Gasteiger partial charge < -0.3 is 9.84 Å². The van der Waals surface area contributed by atoms with Crippen molar-refractivity contribution >= 4 is 17.3 Å². The standard InChI is InChI=1S/C14H11ClFNO4/c1-8(18)10-3-2-4-12(16)14(10)21-13-6-5-9(17(19)20)7-11(13)15/h2-8,18H,1H3/t8-/m0/s1. The number of aliphatic hydroxyl groups excluding tert-OH is 1. The van der Waals surface area contributed by atoms with Gasteiger partial charge in [0.15, 0.2) is 11.6 Å². The molecule has 1 atom stereocenters. The lowest BCUT2D eigenvalue weighted by atomic mass is 10.1. The third-order valence-corrected chi connectivity index (χ3v) is 3.08. The van der Waals surface area contributed by atoms with Crippen LogP contribution in [-0.2, 0) is 0 Å². The maximum atomic E-state index is 13.8. The summed E-state index contributed by atoms with van der Waals surface area (Å²) in [6, 6.07) is 7.73. The molecule has 110 valence electrons. The molecule has 2 rings (SSSR count).